The Morgan fingerprint density at radius 3 is 2.60 bits per heavy atom. The van der Waals surface area contributed by atoms with Crippen molar-refractivity contribution in [1.82, 2.24) is 5.32 Å². The van der Waals surface area contributed by atoms with Crippen LogP contribution >= 0.6 is 0 Å². The third-order valence-corrected chi connectivity index (χ3v) is 2.17. The first kappa shape index (κ1) is 14.4. The quantitative estimate of drug-likeness (QED) is 0.668. The van der Waals surface area contributed by atoms with Crippen LogP contribution in [0.4, 0.5) is 0 Å². The molecule has 0 fully saturated rings. The van der Waals surface area contributed by atoms with E-state index in [1.807, 2.05) is 13.8 Å². The molecule has 0 aliphatic rings. The molecule has 15 heavy (non-hydrogen) atoms. The van der Waals surface area contributed by atoms with Crippen molar-refractivity contribution in [2.45, 2.75) is 51.6 Å². The van der Waals surface area contributed by atoms with Crippen LogP contribution in [0.5, 0.6) is 0 Å². The summed E-state index contributed by atoms with van der Waals surface area (Å²) in [6.45, 7) is 6.40. The van der Waals surface area contributed by atoms with Gasteiger partial charge in [0.2, 0.25) is 5.91 Å². The summed E-state index contributed by atoms with van der Waals surface area (Å²) in [5.74, 6) is -0.0921. The van der Waals surface area contributed by atoms with Crippen molar-refractivity contribution in [1.29, 1.82) is 0 Å². The minimum Gasteiger partial charge on any atom is -0.382 e. The summed E-state index contributed by atoms with van der Waals surface area (Å²) in [6, 6.07) is -0.402. The van der Waals surface area contributed by atoms with Crippen LogP contribution in [0.25, 0.3) is 0 Å². The maximum Gasteiger partial charge on any atom is 0.237 e. The Kier molecular flexibility index (Phi) is 6.52. The molecule has 0 bridgehead atoms. The summed E-state index contributed by atoms with van der Waals surface area (Å²) in [6.07, 6.45) is 2.78. The van der Waals surface area contributed by atoms with Gasteiger partial charge in [0.15, 0.2) is 0 Å². The predicted octanol–water partition coefficient (Wildman–Crippen LogP) is 1.05. The van der Waals surface area contributed by atoms with Gasteiger partial charge in [0, 0.05) is 7.11 Å². The molecule has 0 saturated heterocycles. The van der Waals surface area contributed by atoms with Gasteiger partial charge in [-0.25, -0.2) is 0 Å². The molecule has 0 saturated carbocycles. The lowest BCUT2D eigenvalue weighted by Crippen LogP contribution is -2.52. The highest BCUT2D eigenvalue weighted by atomic mass is 16.5. The van der Waals surface area contributed by atoms with E-state index < -0.39 is 6.04 Å². The van der Waals surface area contributed by atoms with Crippen molar-refractivity contribution < 1.29 is 9.53 Å². The maximum atomic E-state index is 11.6. The first-order valence-electron chi connectivity index (χ1n) is 5.49. The monoisotopic (exact) mass is 216 g/mol. The van der Waals surface area contributed by atoms with E-state index in [9.17, 15) is 4.79 Å². The molecule has 4 nitrogen and oxygen atoms in total. The zero-order valence-corrected chi connectivity index (χ0v) is 10.3. The van der Waals surface area contributed by atoms with E-state index in [4.69, 9.17) is 10.5 Å². The average Bonchev–Trinajstić information content (AvgIpc) is 2.13. The second-order valence-corrected chi connectivity index (χ2v) is 4.55. The van der Waals surface area contributed by atoms with Gasteiger partial charge in [-0.2, -0.15) is 0 Å². The van der Waals surface area contributed by atoms with Crippen molar-refractivity contribution >= 4 is 5.91 Å². The number of nitrogens with one attached hydrogen (secondary N) is 1. The van der Waals surface area contributed by atoms with Crippen molar-refractivity contribution in [3.05, 3.63) is 0 Å². The number of unbranched alkanes of at least 4 members (excludes halogenated alkanes) is 1. The normalized spacial score (nSPS) is 13.7. The summed E-state index contributed by atoms with van der Waals surface area (Å²) in [5, 5.41) is 2.88. The van der Waals surface area contributed by atoms with Crippen LogP contribution in [0, 0.1) is 0 Å². The topological polar surface area (TPSA) is 64.4 Å². The lowest BCUT2D eigenvalue weighted by molar-refractivity contribution is -0.124. The van der Waals surface area contributed by atoms with Gasteiger partial charge in [-0.15, -0.1) is 0 Å². The molecular weight excluding hydrogens is 192 g/mol. The number of carbonyl (C=O) groups is 1. The van der Waals surface area contributed by atoms with Crippen LogP contribution < -0.4 is 11.1 Å². The zero-order valence-electron chi connectivity index (χ0n) is 10.3. The van der Waals surface area contributed by atoms with Gasteiger partial charge in [0.05, 0.1) is 18.2 Å². The van der Waals surface area contributed by atoms with E-state index in [1.165, 1.54) is 0 Å². The van der Waals surface area contributed by atoms with Gasteiger partial charge >= 0.3 is 0 Å². The summed E-state index contributed by atoms with van der Waals surface area (Å²) < 4.78 is 5.01. The summed E-state index contributed by atoms with van der Waals surface area (Å²) >= 11 is 0. The Bertz CT molecular complexity index is 193. The van der Waals surface area contributed by atoms with E-state index in [0.717, 1.165) is 19.3 Å². The Hall–Kier alpha value is -0.610. The lowest BCUT2D eigenvalue weighted by Gasteiger charge is -2.27. The second kappa shape index (κ2) is 6.80. The third kappa shape index (κ3) is 6.47. The summed E-state index contributed by atoms with van der Waals surface area (Å²) in [7, 11) is 1.62. The predicted molar refractivity (Wildman–Crippen MR) is 61.6 cm³/mol. The van der Waals surface area contributed by atoms with Crippen molar-refractivity contribution in [2.75, 3.05) is 13.7 Å². The number of methoxy groups -OCH3 is 1. The van der Waals surface area contributed by atoms with Crippen molar-refractivity contribution in [3.8, 4) is 0 Å². The van der Waals surface area contributed by atoms with Gasteiger partial charge in [0.1, 0.15) is 0 Å². The van der Waals surface area contributed by atoms with E-state index in [0.29, 0.717) is 6.61 Å². The SMILES string of the molecule is CCCCC(N)C(=O)NC(C)(C)COC. The highest BCUT2D eigenvalue weighted by Crippen LogP contribution is 2.04. The molecule has 0 aromatic heterocycles. The minimum absolute atomic E-state index is 0.0921. The minimum atomic E-state index is -0.402. The molecule has 3 N–H and O–H groups in total. The number of amides is 1. The molecule has 1 atom stereocenters. The highest BCUT2D eigenvalue weighted by Gasteiger charge is 2.23. The smallest absolute Gasteiger partial charge is 0.237 e. The third-order valence-electron chi connectivity index (χ3n) is 2.17. The van der Waals surface area contributed by atoms with Crippen LogP contribution in [0.1, 0.15) is 40.0 Å². The molecule has 0 rings (SSSR count). The Balaban J connectivity index is 4.00. The van der Waals surface area contributed by atoms with Gasteiger partial charge < -0.3 is 15.8 Å². The van der Waals surface area contributed by atoms with Crippen LogP contribution in [0.2, 0.25) is 0 Å². The van der Waals surface area contributed by atoms with Crippen LogP contribution in [0.15, 0.2) is 0 Å². The highest BCUT2D eigenvalue weighted by molar-refractivity contribution is 5.82. The molecule has 0 heterocycles. The van der Waals surface area contributed by atoms with Crippen LogP contribution in [0.3, 0.4) is 0 Å². The molecule has 1 unspecified atom stereocenters. The van der Waals surface area contributed by atoms with Crippen molar-refractivity contribution in [3.63, 3.8) is 0 Å². The number of nitrogens with two attached hydrogens (primary N) is 1. The van der Waals surface area contributed by atoms with Crippen LogP contribution in [-0.2, 0) is 9.53 Å². The fourth-order valence-corrected chi connectivity index (χ4v) is 1.38. The number of hydrogen-bond donors (Lipinski definition) is 2. The largest absolute Gasteiger partial charge is 0.382 e. The second-order valence-electron chi connectivity index (χ2n) is 4.55. The molecule has 0 aliphatic carbocycles. The van der Waals surface area contributed by atoms with E-state index in [-0.39, 0.29) is 11.4 Å². The molecule has 0 radical (unpaired) electrons. The fourth-order valence-electron chi connectivity index (χ4n) is 1.38. The fraction of sp³-hybridized carbons (Fsp3) is 0.909. The zero-order chi connectivity index (χ0) is 11.9. The number of ether oxygens (including phenoxy) is 1. The summed E-state index contributed by atoms with van der Waals surface area (Å²) in [5.41, 5.74) is 5.40. The number of carbonyl (C=O) groups excluding carboxylic acids is 1. The van der Waals surface area contributed by atoms with Gasteiger partial charge in [0.25, 0.3) is 0 Å². The molecule has 0 spiro atoms. The van der Waals surface area contributed by atoms with Gasteiger partial charge in [-0.1, -0.05) is 19.8 Å². The van der Waals surface area contributed by atoms with E-state index in [2.05, 4.69) is 12.2 Å². The van der Waals surface area contributed by atoms with E-state index >= 15 is 0 Å². The van der Waals surface area contributed by atoms with Crippen LogP contribution in [-0.4, -0.2) is 31.2 Å². The Morgan fingerprint density at radius 1 is 1.53 bits per heavy atom. The average molecular weight is 216 g/mol. The number of rotatable bonds is 7. The molecular formula is C11H24N2O2. The first-order valence-corrected chi connectivity index (χ1v) is 5.49. The Morgan fingerprint density at radius 2 is 2.13 bits per heavy atom. The molecule has 90 valence electrons. The van der Waals surface area contributed by atoms with Gasteiger partial charge in [-0.3, -0.25) is 4.79 Å². The first-order chi connectivity index (χ1) is 6.93. The molecule has 0 aromatic rings. The summed E-state index contributed by atoms with van der Waals surface area (Å²) in [4.78, 5) is 11.6. The standard InChI is InChI=1S/C11H24N2O2/c1-5-6-7-9(12)10(14)13-11(2,3)8-15-4/h9H,5-8,12H2,1-4H3,(H,13,14). The molecule has 4 heteroatoms. The molecule has 0 aliphatic heterocycles. The molecule has 0 aromatic carbocycles. The van der Waals surface area contributed by atoms with E-state index in [1.54, 1.807) is 7.11 Å². The maximum absolute atomic E-state index is 11.6. The van der Waals surface area contributed by atoms with Crippen molar-refractivity contribution in [2.24, 2.45) is 5.73 Å². The number of hydrogen-bond acceptors (Lipinski definition) is 3. The molecule has 1 amide bonds. The van der Waals surface area contributed by atoms with Gasteiger partial charge in [-0.05, 0) is 20.3 Å². The Labute approximate surface area is 92.6 Å². The lowest BCUT2D eigenvalue weighted by atomic mass is 10.0.